The molecule has 11 heteroatoms. The van der Waals surface area contributed by atoms with Crippen LogP contribution in [0.2, 0.25) is 0 Å². The number of benzene rings is 1. The molecular formula is C25H38N4O7. The fraction of sp³-hybridized carbons (Fsp3) is 0.560. The van der Waals surface area contributed by atoms with E-state index in [0.717, 1.165) is 5.56 Å². The number of nitrogens with one attached hydrogen (secondary N) is 4. The van der Waals surface area contributed by atoms with Crippen LogP contribution in [0, 0.1) is 0 Å². The molecule has 0 bridgehead atoms. The van der Waals surface area contributed by atoms with Gasteiger partial charge in [0.1, 0.15) is 24.2 Å². The van der Waals surface area contributed by atoms with Crippen LogP contribution < -0.4 is 21.3 Å². The number of carbonyl (C=O) groups excluding carboxylic acids is 5. The Kier molecular flexibility index (Phi) is 13.0. The largest absolute Gasteiger partial charge is 0.469 e. The molecule has 0 aliphatic rings. The highest BCUT2D eigenvalue weighted by molar-refractivity contribution is 5.93. The summed E-state index contributed by atoms with van der Waals surface area (Å²) in [5.41, 5.74) is 0.111. The maximum absolute atomic E-state index is 13.0. The lowest BCUT2D eigenvalue weighted by molar-refractivity contribution is -0.140. The van der Waals surface area contributed by atoms with Crippen molar-refractivity contribution in [3.8, 4) is 0 Å². The quantitative estimate of drug-likeness (QED) is 0.293. The van der Waals surface area contributed by atoms with Gasteiger partial charge in [-0.1, -0.05) is 43.7 Å². The van der Waals surface area contributed by atoms with Crippen LogP contribution in [0.5, 0.6) is 0 Å². The normalized spacial score (nSPS) is 12.5. The maximum Gasteiger partial charge on any atom is 0.408 e. The van der Waals surface area contributed by atoms with E-state index in [9.17, 15) is 24.0 Å². The molecule has 4 amide bonds. The Hall–Kier alpha value is -3.63. The highest BCUT2D eigenvalue weighted by Gasteiger charge is 2.27. The van der Waals surface area contributed by atoms with Crippen molar-refractivity contribution in [2.45, 2.75) is 71.1 Å². The van der Waals surface area contributed by atoms with Crippen molar-refractivity contribution in [2.75, 3.05) is 20.2 Å². The summed E-state index contributed by atoms with van der Waals surface area (Å²) in [6.07, 6.45) is 0.371. The lowest BCUT2D eigenvalue weighted by atomic mass is 10.0. The fourth-order valence-corrected chi connectivity index (χ4v) is 3.11. The van der Waals surface area contributed by atoms with Gasteiger partial charge in [0, 0.05) is 13.0 Å². The smallest absolute Gasteiger partial charge is 0.408 e. The zero-order valence-electron chi connectivity index (χ0n) is 21.6. The van der Waals surface area contributed by atoms with Gasteiger partial charge in [-0.15, -0.1) is 0 Å². The van der Waals surface area contributed by atoms with E-state index in [2.05, 4.69) is 26.0 Å². The van der Waals surface area contributed by atoms with Crippen LogP contribution in [0.1, 0.15) is 52.5 Å². The number of esters is 1. The van der Waals surface area contributed by atoms with Gasteiger partial charge in [0.15, 0.2) is 0 Å². The molecule has 0 saturated heterocycles. The molecule has 11 nitrogen and oxygen atoms in total. The van der Waals surface area contributed by atoms with Crippen molar-refractivity contribution < 1.29 is 33.4 Å². The van der Waals surface area contributed by atoms with Crippen molar-refractivity contribution in [3.05, 3.63) is 35.9 Å². The third-order valence-electron chi connectivity index (χ3n) is 4.79. The molecule has 4 N–H and O–H groups in total. The summed E-state index contributed by atoms with van der Waals surface area (Å²) < 4.78 is 9.67. The number of amides is 4. The van der Waals surface area contributed by atoms with Gasteiger partial charge in [-0.3, -0.25) is 19.2 Å². The molecular weight excluding hydrogens is 468 g/mol. The SMILES string of the molecule is CCCC(NC(=O)CNC(=O)OC(C)(C)C)C(=O)NC(Cc1ccccc1)C(=O)NCCC(=O)OC. The third-order valence-corrected chi connectivity index (χ3v) is 4.79. The van der Waals surface area contributed by atoms with Gasteiger partial charge in [-0.2, -0.15) is 0 Å². The van der Waals surface area contributed by atoms with Crippen LogP contribution in [0.3, 0.4) is 0 Å². The minimum absolute atomic E-state index is 0.00654. The summed E-state index contributed by atoms with van der Waals surface area (Å²) in [5.74, 6) is -2.04. The summed E-state index contributed by atoms with van der Waals surface area (Å²) in [5, 5.41) is 10.3. The lowest BCUT2D eigenvalue weighted by Gasteiger charge is -2.23. The van der Waals surface area contributed by atoms with Crippen LogP contribution in [0.4, 0.5) is 4.79 Å². The number of rotatable bonds is 13. The first-order valence-electron chi connectivity index (χ1n) is 11.9. The summed E-state index contributed by atoms with van der Waals surface area (Å²) in [7, 11) is 1.26. The van der Waals surface area contributed by atoms with Gasteiger partial charge >= 0.3 is 12.1 Å². The topological polar surface area (TPSA) is 152 Å². The lowest BCUT2D eigenvalue weighted by Crippen LogP contribution is -2.55. The number of hydrogen-bond donors (Lipinski definition) is 4. The highest BCUT2D eigenvalue weighted by Crippen LogP contribution is 2.07. The molecule has 0 aliphatic carbocycles. The Balaban J connectivity index is 2.81. The van der Waals surface area contributed by atoms with Crippen LogP contribution in [-0.4, -0.2) is 67.7 Å². The summed E-state index contributed by atoms with van der Waals surface area (Å²) in [4.78, 5) is 61.3. The molecule has 0 aliphatic heterocycles. The molecule has 0 radical (unpaired) electrons. The molecule has 2 unspecified atom stereocenters. The van der Waals surface area contributed by atoms with Crippen LogP contribution in [-0.2, 0) is 35.1 Å². The van der Waals surface area contributed by atoms with Gasteiger partial charge in [-0.05, 0) is 32.8 Å². The minimum atomic E-state index is -0.936. The zero-order chi connectivity index (χ0) is 27.1. The monoisotopic (exact) mass is 506 g/mol. The molecule has 1 aromatic carbocycles. The molecule has 36 heavy (non-hydrogen) atoms. The second kappa shape index (κ2) is 15.4. The first-order valence-corrected chi connectivity index (χ1v) is 11.9. The van der Waals surface area contributed by atoms with E-state index in [1.807, 2.05) is 37.3 Å². The first kappa shape index (κ1) is 30.4. The second-order valence-electron chi connectivity index (χ2n) is 9.13. The van der Waals surface area contributed by atoms with Crippen molar-refractivity contribution in [1.29, 1.82) is 0 Å². The number of ether oxygens (including phenoxy) is 2. The van der Waals surface area contributed by atoms with Crippen LogP contribution >= 0.6 is 0 Å². The predicted octanol–water partition coefficient (Wildman–Crippen LogP) is 1.20. The van der Waals surface area contributed by atoms with Crippen molar-refractivity contribution in [1.82, 2.24) is 21.3 Å². The molecule has 1 rings (SSSR count). The van der Waals surface area contributed by atoms with E-state index in [4.69, 9.17) is 4.74 Å². The third kappa shape index (κ3) is 12.7. The standard InChI is InChI=1S/C25H38N4O7/c1-6-10-18(28-20(30)16-27-24(34)36-25(2,3)4)23(33)29-19(15-17-11-8-7-9-12-17)22(32)26-14-13-21(31)35-5/h7-9,11-12,18-19H,6,10,13-16H2,1-5H3,(H,26,32)(H,27,34)(H,28,30)(H,29,33). The number of alkyl carbamates (subject to hydrolysis) is 1. The van der Waals surface area contributed by atoms with Gasteiger partial charge < -0.3 is 30.7 Å². The predicted molar refractivity (Wildman–Crippen MR) is 133 cm³/mol. The molecule has 0 spiro atoms. The molecule has 0 heterocycles. The van der Waals surface area contributed by atoms with Gasteiger partial charge in [0.2, 0.25) is 17.7 Å². The molecule has 1 aromatic rings. The average Bonchev–Trinajstić information content (AvgIpc) is 2.81. The Morgan fingerprint density at radius 3 is 2.17 bits per heavy atom. The van der Waals surface area contributed by atoms with E-state index < -0.39 is 47.5 Å². The highest BCUT2D eigenvalue weighted by atomic mass is 16.6. The van der Waals surface area contributed by atoms with E-state index in [1.165, 1.54) is 7.11 Å². The van der Waals surface area contributed by atoms with E-state index in [-0.39, 0.29) is 25.9 Å². The molecule has 0 saturated carbocycles. The van der Waals surface area contributed by atoms with E-state index in [0.29, 0.717) is 12.8 Å². The van der Waals surface area contributed by atoms with Gasteiger partial charge in [-0.25, -0.2) is 4.79 Å². The first-order chi connectivity index (χ1) is 16.9. The number of methoxy groups -OCH3 is 1. The number of carbonyl (C=O) groups is 5. The Labute approximate surface area is 212 Å². The number of hydrogen-bond acceptors (Lipinski definition) is 7. The van der Waals surface area contributed by atoms with E-state index in [1.54, 1.807) is 20.8 Å². The minimum Gasteiger partial charge on any atom is -0.469 e. The molecule has 0 aromatic heterocycles. The van der Waals surface area contributed by atoms with Gasteiger partial charge in [0.05, 0.1) is 13.5 Å². The van der Waals surface area contributed by atoms with Crippen LogP contribution in [0.25, 0.3) is 0 Å². The molecule has 200 valence electrons. The Morgan fingerprint density at radius 1 is 0.917 bits per heavy atom. The maximum atomic E-state index is 13.0. The van der Waals surface area contributed by atoms with Crippen molar-refractivity contribution in [2.24, 2.45) is 0 Å². The summed E-state index contributed by atoms with van der Waals surface area (Å²) >= 11 is 0. The zero-order valence-corrected chi connectivity index (χ0v) is 21.6. The Morgan fingerprint density at radius 2 is 1.58 bits per heavy atom. The van der Waals surface area contributed by atoms with Crippen LogP contribution in [0.15, 0.2) is 30.3 Å². The summed E-state index contributed by atoms with van der Waals surface area (Å²) in [6.45, 7) is 6.64. The van der Waals surface area contributed by atoms with Crippen molar-refractivity contribution >= 4 is 29.8 Å². The second-order valence-corrected chi connectivity index (χ2v) is 9.13. The molecule has 2 atom stereocenters. The fourth-order valence-electron chi connectivity index (χ4n) is 3.11. The van der Waals surface area contributed by atoms with Crippen molar-refractivity contribution in [3.63, 3.8) is 0 Å². The summed E-state index contributed by atoms with van der Waals surface area (Å²) in [6, 6.07) is 7.29. The van der Waals surface area contributed by atoms with E-state index >= 15 is 0 Å². The average molecular weight is 507 g/mol. The van der Waals surface area contributed by atoms with Gasteiger partial charge in [0.25, 0.3) is 0 Å². The molecule has 0 fully saturated rings. The Bertz CT molecular complexity index is 884.